The Balaban J connectivity index is 2.05. The molecule has 1 amide bonds. The van der Waals surface area contributed by atoms with Crippen molar-refractivity contribution in [3.05, 3.63) is 29.2 Å². The number of carbonyl (C=O) groups excluding carboxylic acids is 1. The Bertz CT molecular complexity index is 544. The number of rotatable bonds is 4. The molecule has 0 bridgehead atoms. The number of aryl methyl sites for hydroxylation is 1. The van der Waals surface area contributed by atoms with Gasteiger partial charge in [0, 0.05) is 12.7 Å². The molecule has 2 heterocycles. The van der Waals surface area contributed by atoms with Crippen molar-refractivity contribution in [1.29, 1.82) is 0 Å². The molecule has 1 N–H and O–H groups in total. The molecule has 2 rings (SSSR count). The lowest BCUT2D eigenvalue weighted by Crippen LogP contribution is -2.11. The number of amides is 1. The van der Waals surface area contributed by atoms with E-state index in [0.29, 0.717) is 11.5 Å². The molecule has 0 saturated heterocycles. The molecule has 96 valence electrons. The Hall–Kier alpha value is -1.69. The van der Waals surface area contributed by atoms with Crippen molar-refractivity contribution in [2.75, 3.05) is 5.32 Å². The molecule has 18 heavy (non-hydrogen) atoms. The minimum absolute atomic E-state index is 0.141. The van der Waals surface area contributed by atoms with Crippen LogP contribution in [0.25, 0.3) is 0 Å². The highest BCUT2D eigenvalue weighted by atomic mass is 32.1. The van der Waals surface area contributed by atoms with E-state index in [1.165, 1.54) is 11.3 Å². The van der Waals surface area contributed by atoms with Crippen molar-refractivity contribution in [3.8, 4) is 0 Å². The van der Waals surface area contributed by atoms with E-state index in [2.05, 4.69) is 29.2 Å². The van der Waals surface area contributed by atoms with Crippen LogP contribution in [0.4, 0.5) is 5.00 Å². The van der Waals surface area contributed by atoms with Gasteiger partial charge >= 0.3 is 0 Å². The van der Waals surface area contributed by atoms with Gasteiger partial charge in [0.2, 0.25) is 0 Å². The predicted molar refractivity (Wildman–Crippen MR) is 71.9 cm³/mol. The summed E-state index contributed by atoms with van der Waals surface area (Å²) in [6.07, 6.45) is 3.36. The average Bonchev–Trinajstić information content (AvgIpc) is 2.88. The summed E-state index contributed by atoms with van der Waals surface area (Å²) in [5, 5.41) is 7.80. The van der Waals surface area contributed by atoms with Crippen molar-refractivity contribution >= 4 is 22.2 Å². The second-order valence-electron chi connectivity index (χ2n) is 4.57. The third-order valence-corrected chi connectivity index (χ3v) is 3.26. The van der Waals surface area contributed by atoms with Gasteiger partial charge in [0.25, 0.3) is 5.91 Å². The van der Waals surface area contributed by atoms with Crippen molar-refractivity contribution in [2.45, 2.75) is 27.3 Å². The first-order chi connectivity index (χ1) is 8.56. The van der Waals surface area contributed by atoms with Crippen molar-refractivity contribution in [2.24, 2.45) is 5.92 Å². The van der Waals surface area contributed by atoms with Crippen LogP contribution in [0.3, 0.4) is 0 Å². The molecule has 0 aliphatic carbocycles. The van der Waals surface area contributed by atoms with Crippen LogP contribution in [0.2, 0.25) is 0 Å². The lowest BCUT2D eigenvalue weighted by Gasteiger charge is -2.03. The van der Waals surface area contributed by atoms with Crippen LogP contribution in [0, 0.1) is 12.8 Å². The van der Waals surface area contributed by atoms with Crippen molar-refractivity contribution in [3.63, 3.8) is 0 Å². The molecule has 2 aromatic heterocycles. The summed E-state index contributed by atoms with van der Waals surface area (Å²) >= 11 is 1.42. The van der Waals surface area contributed by atoms with Crippen molar-refractivity contribution in [1.82, 2.24) is 14.8 Å². The largest absolute Gasteiger partial charge is 0.312 e. The first kappa shape index (κ1) is 12.8. The van der Waals surface area contributed by atoms with Crippen LogP contribution in [0.5, 0.6) is 0 Å². The zero-order valence-electron chi connectivity index (χ0n) is 10.7. The van der Waals surface area contributed by atoms with E-state index in [-0.39, 0.29) is 5.91 Å². The third kappa shape index (κ3) is 2.95. The zero-order chi connectivity index (χ0) is 13.1. The fourth-order valence-electron chi connectivity index (χ4n) is 1.55. The highest BCUT2D eigenvalue weighted by Crippen LogP contribution is 2.19. The Kier molecular flexibility index (Phi) is 3.76. The summed E-state index contributed by atoms with van der Waals surface area (Å²) in [5.41, 5.74) is 3.12. The Labute approximate surface area is 110 Å². The standard InChI is InChI=1S/C12H16N4OS/c1-8(2)5-16-6-10(4-14-16)11(17)15-12-9(3)13-7-18-12/h4,6-8H,5H2,1-3H3,(H,15,17). The van der Waals surface area contributed by atoms with Gasteiger partial charge < -0.3 is 5.32 Å². The van der Waals surface area contributed by atoms with E-state index in [0.717, 1.165) is 17.2 Å². The highest BCUT2D eigenvalue weighted by Gasteiger charge is 2.11. The fourth-order valence-corrected chi connectivity index (χ4v) is 2.24. The topological polar surface area (TPSA) is 59.8 Å². The minimum Gasteiger partial charge on any atom is -0.312 e. The lowest BCUT2D eigenvalue weighted by molar-refractivity contribution is 0.102. The molecule has 2 aromatic rings. The quantitative estimate of drug-likeness (QED) is 0.923. The van der Waals surface area contributed by atoms with Crippen LogP contribution in [0.1, 0.15) is 29.9 Å². The van der Waals surface area contributed by atoms with Gasteiger partial charge in [-0.1, -0.05) is 13.8 Å². The van der Waals surface area contributed by atoms with Crippen LogP contribution in [-0.4, -0.2) is 20.7 Å². The van der Waals surface area contributed by atoms with Crippen LogP contribution < -0.4 is 5.32 Å². The maximum Gasteiger partial charge on any atom is 0.259 e. The summed E-state index contributed by atoms with van der Waals surface area (Å²) in [4.78, 5) is 16.1. The Morgan fingerprint density at radius 1 is 1.56 bits per heavy atom. The summed E-state index contributed by atoms with van der Waals surface area (Å²) in [6, 6.07) is 0. The normalized spacial score (nSPS) is 10.9. The molecule has 6 heteroatoms. The molecule has 0 radical (unpaired) electrons. The molecule has 0 unspecified atom stereocenters. The minimum atomic E-state index is -0.141. The van der Waals surface area contributed by atoms with E-state index < -0.39 is 0 Å². The maximum absolute atomic E-state index is 12.0. The highest BCUT2D eigenvalue weighted by molar-refractivity contribution is 7.14. The number of anilines is 1. The molecular weight excluding hydrogens is 248 g/mol. The van der Waals surface area contributed by atoms with E-state index in [1.54, 1.807) is 22.6 Å². The van der Waals surface area contributed by atoms with Gasteiger partial charge in [0.05, 0.1) is 23.0 Å². The first-order valence-electron chi connectivity index (χ1n) is 5.80. The summed E-state index contributed by atoms with van der Waals surface area (Å²) < 4.78 is 1.79. The van der Waals surface area contributed by atoms with E-state index >= 15 is 0 Å². The summed E-state index contributed by atoms with van der Waals surface area (Å²) in [5.74, 6) is 0.363. The predicted octanol–water partition coefficient (Wildman–Crippen LogP) is 2.56. The average molecular weight is 264 g/mol. The summed E-state index contributed by atoms with van der Waals surface area (Å²) in [6.45, 7) is 6.91. The second kappa shape index (κ2) is 5.30. The molecule has 5 nitrogen and oxygen atoms in total. The number of nitrogens with one attached hydrogen (secondary N) is 1. The van der Waals surface area contributed by atoms with Gasteiger partial charge in [-0.15, -0.1) is 11.3 Å². The molecule has 0 atom stereocenters. The number of aromatic nitrogens is 3. The van der Waals surface area contributed by atoms with Gasteiger partial charge in [-0.2, -0.15) is 5.10 Å². The molecular formula is C12H16N4OS. The molecule has 0 saturated carbocycles. The Morgan fingerprint density at radius 3 is 2.94 bits per heavy atom. The smallest absolute Gasteiger partial charge is 0.259 e. The van der Waals surface area contributed by atoms with Gasteiger partial charge in [-0.25, -0.2) is 4.98 Å². The van der Waals surface area contributed by atoms with Crippen LogP contribution in [-0.2, 0) is 6.54 Å². The molecule has 0 fully saturated rings. The van der Waals surface area contributed by atoms with Gasteiger partial charge in [0.15, 0.2) is 0 Å². The number of thiazole rings is 1. The fraction of sp³-hybridized carbons (Fsp3) is 0.417. The maximum atomic E-state index is 12.0. The molecule has 0 aliphatic rings. The molecule has 0 aliphatic heterocycles. The zero-order valence-corrected chi connectivity index (χ0v) is 11.5. The summed E-state index contributed by atoms with van der Waals surface area (Å²) in [7, 11) is 0. The van der Waals surface area contributed by atoms with E-state index in [9.17, 15) is 4.79 Å². The third-order valence-electron chi connectivity index (χ3n) is 2.42. The lowest BCUT2D eigenvalue weighted by atomic mass is 10.2. The van der Waals surface area contributed by atoms with Gasteiger partial charge in [-0.3, -0.25) is 9.48 Å². The van der Waals surface area contributed by atoms with E-state index in [1.807, 2.05) is 6.92 Å². The number of hydrogen-bond donors (Lipinski definition) is 1. The van der Waals surface area contributed by atoms with E-state index in [4.69, 9.17) is 0 Å². The first-order valence-corrected chi connectivity index (χ1v) is 6.68. The van der Waals surface area contributed by atoms with Gasteiger partial charge in [-0.05, 0) is 12.8 Å². The van der Waals surface area contributed by atoms with Gasteiger partial charge in [0.1, 0.15) is 5.00 Å². The van der Waals surface area contributed by atoms with Crippen molar-refractivity contribution < 1.29 is 4.79 Å². The number of hydrogen-bond acceptors (Lipinski definition) is 4. The Morgan fingerprint density at radius 2 is 2.33 bits per heavy atom. The molecule has 0 aromatic carbocycles. The molecule has 0 spiro atoms. The van der Waals surface area contributed by atoms with Crippen LogP contribution in [0.15, 0.2) is 17.9 Å². The number of nitrogens with zero attached hydrogens (tertiary/aromatic N) is 3. The monoisotopic (exact) mass is 264 g/mol. The number of carbonyl (C=O) groups is 1. The SMILES string of the molecule is Cc1ncsc1NC(=O)c1cnn(CC(C)C)c1. The van der Waals surface area contributed by atoms with Crippen LogP contribution >= 0.6 is 11.3 Å². The second-order valence-corrected chi connectivity index (χ2v) is 5.42.